The zero-order valence-corrected chi connectivity index (χ0v) is 10.1. The van der Waals surface area contributed by atoms with Crippen LogP contribution in [0.3, 0.4) is 0 Å². The lowest BCUT2D eigenvalue weighted by molar-refractivity contribution is 0.0911. The van der Waals surface area contributed by atoms with Crippen LogP contribution in [0.25, 0.3) is 0 Å². The Balaban J connectivity index is 2.73. The van der Waals surface area contributed by atoms with Crippen LogP contribution in [0.1, 0.15) is 31.1 Å². The van der Waals surface area contributed by atoms with Gasteiger partial charge in [0.2, 0.25) is 0 Å². The van der Waals surface area contributed by atoms with Crippen molar-refractivity contribution in [1.82, 2.24) is 10.9 Å². The molecule has 0 aliphatic carbocycles. The first-order chi connectivity index (χ1) is 7.44. The Morgan fingerprint density at radius 2 is 1.88 bits per heavy atom. The van der Waals surface area contributed by atoms with E-state index in [-0.39, 0.29) is 11.4 Å². The SMILES string of the molecule is COc1ccccc1C(=O)NNC(C)(C)C. The monoisotopic (exact) mass is 222 g/mol. The number of carbonyl (C=O) groups is 1. The van der Waals surface area contributed by atoms with E-state index in [1.807, 2.05) is 26.8 Å². The standard InChI is InChI=1S/C12H18N2O2/c1-12(2,3)14-13-11(15)9-7-5-6-8-10(9)16-4/h5-8,14H,1-4H3,(H,13,15). The molecule has 4 heteroatoms. The molecule has 16 heavy (non-hydrogen) atoms. The van der Waals surface area contributed by atoms with Crippen LogP contribution in [0.15, 0.2) is 24.3 Å². The Bertz CT molecular complexity index is 370. The minimum atomic E-state index is -0.202. The Morgan fingerprint density at radius 1 is 1.25 bits per heavy atom. The zero-order valence-electron chi connectivity index (χ0n) is 10.1. The van der Waals surface area contributed by atoms with Gasteiger partial charge in [0, 0.05) is 5.54 Å². The maximum absolute atomic E-state index is 11.8. The van der Waals surface area contributed by atoms with Crippen molar-refractivity contribution in [2.45, 2.75) is 26.3 Å². The maximum Gasteiger partial charge on any atom is 0.269 e. The van der Waals surface area contributed by atoms with Gasteiger partial charge in [-0.05, 0) is 32.9 Å². The molecule has 0 aliphatic heterocycles. The molecule has 2 N–H and O–H groups in total. The van der Waals surface area contributed by atoms with Crippen molar-refractivity contribution in [2.24, 2.45) is 0 Å². The van der Waals surface area contributed by atoms with Crippen molar-refractivity contribution >= 4 is 5.91 Å². The summed E-state index contributed by atoms with van der Waals surface area (Å²) >= 11 is 0. The smallest absolute Gasteiger partial charge is 0.269 e. The third-order valence-corrected chi connectivity index (χ3v) is 1.90. The first-order valence-electron chi connectivity index (χ1n) is 5.14. The van der Waals surface area contributed by atoms with Crippen LogP contribution in [0.4, 0.5) is 0 Å². The Kier molecular flexibility index (Phi) is 3.90. The van der Waals surface area contributed by atoms with Crippen molar-refractivity contribution in [3.05, 3.63) is 29.8 Å². The first kappa shape index (κ1) is 12.5. The molecule has 0 saturated carbocycles. The Morgan fingerprint density at radius 3 is 2.44 bits per heavy atom. The van der Waals surface area contributed by atoms with E-state index in [4.69, 9.17) is 4.74 Å². The van der Waals surface area contributed by atoms with Crippen molar-refractivity contribution < 1.29 is 9.53 Å². The maximum atomic E-state index is 11.8. The van der Waals surface area contributed by atoms with E-state index in [0.717, 1.165) is 0 Å². The van der Waals surface area contributed by atoms with E-state index in [2.05, 4.69) is 10.9 Å². The lowest BCUT2D eigenvalue weighted by Gasteiger charge is -2.21. The van der Waals surface area contributed by atoms with Gasteiger partial charge in [0.15, 0.2) is 0 Å². The van der Waals surface area contributed by atoms with Gasteiger partial charge in [-0.1, -0.05) is 12.1 Å². The molecule has 0 unspecified atom stereocenters. The molecule has 1 aromatic rings. The molecule has 0 atom stereocenters. The summed E-state index contributed by atoms with van der Waals surface area (Å²) in [7, 11) is 1.54. The van der Waals surface area contributed by atoms with Crippen LogP contribution < -0.4 is 15.6 Å². The summed E-state index contributed by atoms with van der Waals surface area (Å²) in [5.74, 6) is 0.364. The number of benzene rings is 1. The van der Waals surface area contributed by atoms with Crippen LogP contribution in [0, 0.1) is 0 Å². The molecule has 1 amide bonds. The van der Waals surface area contributed by atoms with Gasteiger partial charge >= 0.3 is 0 Å². The summed E-state index contributed by atoms with van der Waals surface area (Å²) < 4.78 is 5.11. The number of amides is 1. The second-order valence-corrected chi connectivity index (χ2v) is 4.53. The molecule has 0 aliphatic rings. The average molecular weight is 222 g/mol. The summed E-state index contributed by atoms with van der Waals surface area (Å²) in [6, 6.07) is 7.10. The molecule has 0 spiro atoms. The van der Waals surface area contributed by atoms with Crippen LogP contribution >= 0.6 is 0 Å². The highest BCUT2D eigenvalue weighted by atomic mass is 16.5. The lowest BCUT2D eigenvalue weighted by Crippen LogP contribution is -2.48. The fourth-order valence-corrected chi connectivity index (χ4v) is 1.14. The molecule has 88 valence electrons. The quantitative estimate of drug-likeness (QED) is 0.766. The molecule has 1 aromatic carbocycles. The van der Waals surface area contributed by atoms with Gasteiger partial charge in [0.1, 0.15) is 5.75 Å². The first-order valence-corrected chi connectivity index (χ1v) is 5.14. The molecule has 0 radical (unpaired) electrons. The van der Waals surface area contributed by atoms with Gasteiger partial charge in [0.25, 0.3) is 5.91 Å². The molecule has 0 heterocycles. The second kappa shape index (κ2) is 4.99. The van der Waals surface area contributed by atoms with E-state index in [0.29, 0.717) is 11.3 Å². The van der Waals surface area contributed by atoms with Crippen LogP contribution in [0.2, 0.25) is 0 Å². The number of nitrogens with one attached hydrogen (secondary N) is 2. The minimum absolute atomic E-state index is 0.169. The molecule has 0 bridgehead atoms. The predicted octanol–water partition coefficient (Wildman–Crippen LogP) is 1.73. The third kappa shape index (κ3) is 3.55. The third-order valence-electron chi connectivity index (χ3n) is 1.90. The molecular weight excluding hydrogens is 204 g/mol. The number of hydrogen-bond acceptors (Lipinski definition) is 3. The normalized spacial score (nSPS) is 11.0. The average Bonchev–Trinajstić information content (AvgIpc) is 2.25. The van der Waals surface area contributed by atoms with Crippen LogP contribution in [-0.4, -0.2) is 18.6 Å². The van der Waals surface area contributed by atoms with Crippen LogP contribution in [-0.2, 0) is 0 Å². The molecule has 1 rings (SSSR count). The van der Waals surface area contributed by atoms with Crippen molar-refractivity contribution in [3.8, 4) is 5.75 Å². The summed E-state index contributed by atoms with van der Waals surface area (Å²) in [6.45, 7) is 5.90. The summed E-state index contributed by atoms with van der Waals surface area (Å²) in [5, 5.41) is 0. The lowest BCUT2D eigenvalue weighted by atomic mass is 10.1. The molecule has 4 nitrogen and oxygen atoms in total. The highest BCUT2D eigenvalue weighted by molar-refractivity contribution is 5.96. The Labute approximate surface area is 96.0 Å². The summed E-state index contributed by atoms with van der Waals surface area (Å²) in [6.07, 6.45) is 0. The van der Waals surface area contributed by atoms with E-state index < -0.39 is 0 Å². The fraction of sp³-hybridized carbons (Fsp3) is 0.417. The minimum Gasteiger partial charge on any atom is -0.496 e. The number of rotatable bonds is 3. The van der Waals surface area contributed by atoms with Crippen molar-refractivity contribution in [2.75, 3.05) is 7.11 Å². The number of hydrazine groups is 1. The molecule has 0 saturated heterocycles. The summed E-state index contributed by atoms with van der Waals surface area (Å²) in [5.41, 5.74) is 5.91. The highest BCUT2D eigenvalue weighted by Gasteiger charge is 2.14. The molecule has 0 fully saturated rings. The summed E-state index contributed by atoms with van der Waals surface area (Å²) in [4.78, 5) is 11.8. The van der Waals surface area contributed by atoms with E-state index in [1.54, 1.807) is 25.3 Å². The Hall–Kier alpha value is -1.55. The highest BCUT2D eigenvalue weighted by Crippen LogP contribution is 2.16. The molecular formula is C12H18N2O2. The van der Waals surface area contributed by atoms with Gasteiger partial charge in [-0.15, -0.1) is 0 Å². The predicted molar refractivity (Wildman–Crippen MR) is 63.3 cm³/mol. The van der Waals surface area contributed by atoms with Gasteiger partial charge in [0.05, 0.1) is 12.7 Å². The number of para-hydroxylation sites is 1. The van der Waals surface area contributed by atoms with Gasteiger partial charge < -0.3 is 4.74 Å². The van der Waals surface area contributed by atoms with E-state index in [1.165, 1.54) is 0 Å². The van der Waals surface area contributed by atoms with E-state index >= 15 is 0 Å². The topological polar surface area (TPSA) is 50.4 Å². The zero-order chi connectivity index (χ0) is 12.2. The molecule has 0 aromatic heterocycles. The van der Waals surface area contributed by atoms with Crippen molar-refractivity contribution in [3.63, 3.8) is 0 Å². The largest absolute Gasteiger partial charge is 0.496 e. The van der Waals surface area contributed by atoms with Crippen LogP contribution in [0.5, 0.6) is 5.75 Å². The van der Waals surface area contributed by atoms with Gasteiger partial charge in [-0.2, -0.15) is 0 Å². The number of ether oxygens (including phenoxy) is 1. The van der Waals surface area contributed by atoms with Gasteiger partial charge in [-0.3, -0.25) is 10.2 Å². The number of hydrogen-bond donors (Lipinski definition) is 2. The van der Waals surface area contributed by atoms with Crippen molar-refractivity contribution in [1.29, 1.82) is 0 Å². The number of methoxy groups -OCH3 is 1. The fourth-order valence-electron chi connectivity index (χ4n) is 1.14. The van der Waals surface area contributed by atoms with Gasteiger partial charge in [-0.25, -0.2) is 5.43 Å². The number of carbonyl (C=O) groups excluding carboxylic acids is 1. The second-order valence-electron chi connectivity index (χ2n) is 4.53. The van der Waals surface area contributed by atoms with E-state index in [9.17, 15) is 4.79 Å².